The molecular formula is C36H34F2N6O. The highest BCUT2D eigenvalue weighted by Gasteiger charge is 2.48. The maximum atomic E-state index is 14.9. The summed E-state index contributed by atoms with van der Waals surface area (Å²) in [6, 6.07) is 9.40. The fourth-order valence-corrected chi connectivity index (χ4v) is 8.55. The van der Waals surface area contributed by atoms with Crippen LogP contribution in [0.5, 0.6) is 5.75 Å². The molecule has 5 aliphatic rings. The molecule has 3 unspecified atom stereocenters. The lowest BCUT2D eigenvalue weighted by Gasteiger charge is -2.39. The smallest absolute Gasteiger partial charge is 0.139 e. The van der Waals surface area contributed by atoms with Crippen LogP contribution < -0.4 is 15.1 Å². The van der Waals surface area contributed by atoms with Gasteiger partial charge >= 0.3 is 0 Å². The number of fused-ring (bicyclic) bond motifs is 5. The van der Waals surface area contributed by atoms with Crippen LogP contribution >= 0.6 is 0 Å². The second-order valence-corrected chi connectivity index (χ2v) is 13.2. The predicted octanol–water partition coefficient (Wildman–Crippen LogP) is 4.36. The number of nitrogens with one attached hydrogen (secondary N) is 1. The molecule has 228 valence electrons. The minimum atomic E-state index is -0.901. The van der Waals surface area contributed by atoms with Gasteiger partial charge in [-0.1, -0.05) is 17.9 Å². The summed E-state index contributed by atoms with van der Waals surface area (Å²) in [5, 5.41) is 26.2. The van der Waals surface area contributed by atoms with Crippen molar-refractivity contribution in [3.05, 3.63) is 58.2 Å². The first-order valence-electron chi connectivity index (χ1n) is 15.9. The van der Waals surface area contributed by atoms with E-state index in [0.29, 0.717) is 72.3 Å². The molecule has 0 radical (unpaired) electrons. The van der Waals surface area contributed by atoms with Crippen LogP contribution in [0.4, 0.5) is 20.2 Å². The van der Waals surface area contributed by atoms with Crippen LogP contribution in [0.2, 0.25) is 0 Å². The van der Waals surface area contributed by atoms with Crippen molar-refractivity contribution in [2.24, 2.45) is 0 Å². The molecule has 45 heavy (non-hydrogen) atoms. The standard InChI is InChI=1S/C36H34F2N6O/c1-2-27-30(38)7-4-22-14-26(45)15-33(34(22)27)42-13-9-28-32(21-42)41-31(8-11-36-10-3-12-44(36)18-23(37)16-36)29(17-39)35(28)43-19-24-5-6-25(20-43)40-24/h1,4,7,14-15,23-25,40,45H,3,5-6,9-10,12-13,16,18-21H2/t23-,24?,25?,36?/m1/s1. The third kappa shape index (κ3) is 4.59. The summed E-state index contributed by atoms with van der Waals surface area (Å²) in [5.41, 5.74) is 3.96. The number of benzene rings is 2. The summed E-state index contributed by atoms with van der Waals surface area (Å²) in [6.07, 6.45) is 9.88. The maximum Gasteiger partial charge on any atom is 0.139 e. The largest absolute Gasteiger partial charge is 0.508 e. The molecule has 0 aliphatic carbocycles. The first-order valence-corrected chi connectivity index (χ1v) is 15.9. The van der Waals surface area contributed by atoms with Crippen LogP contribution in [-0.4, -0.2) is 71.5 Å². The predicted molar refractivity (Wildman–Crippen MR) is 169 cm³/mol. The van der Waals surface area contributed by atoms with Crippen molar-refractivity contribution in [3.63, 3.8) is 0 Å². The summed E-state index contributed by atoms with van der Waals surface area (Å²) in [5.74, 6) is 8.83. The van der Waals surface area contributed by atoms with E-state index >= 15 is 0 Å². The number of halogens is 2. The Hall–Kier alpha value is -4.36. The molecule has 4 fully saturated rings. The minimum Gasteiger partial charge on any atom is -0.508 e. The molecule has 3 aromatic rings. The van der Waals surface area contributed by atoms with Gasteiger partial charge in [-0.05, 0) is 62.1 Å². The highest BCUT2D eigenvalue weighted by Crippen LogP contribution is 2.42. The van der Waals surface area contributed by atoms with Crippen molar-refractivity contribution in [3.8, 4) is 36.0 Å². The third-order valence-corrected chi connectivity index (χ3v) is 10.5. The molecule has 0 amide bonds. The Bertz CT molecular complexity index is 1870. The van der Waals surface area contributed by atoms with Crippen LogP contribution in [0.1, 0.15) is 60.2 Å². The molecule has 2 bridgehead atoms. The molecule has 5 aliphatic heterocycles. The van der Waals surface area contributed by atoms with E-state index in [9.17, 15) is 19.1 Å². The zero-order chi connectivity index (χ0) is 30.9. The fourth-order valence-electron chi connectivity index (χ4n) is 8.55. The molecule has 8 rings (SSSR count). The summed E-state index contributed by atoms with van der Waals surface area (Å²) >= 11 is 0. The number of anilines is 2. The molecule has 0 saturated carbocycles. The highest BCUT2D eigenvalue weighted by molar-refractivity contribution is 6.00. The summed E-state index contributed by atoms with van der Waals surface area (Å²) < 4.78 is 29.4. The zero-order valence-electron chi connectivity index (χ0n) is 25.0. The molecule has 6 heterocycles. The molecule has 0 spiro atoms. The van der Waals surface area contributed by atoms with Gasteiger partial charge in [0.05, 0.1) is 29.0 Å². The van der Waals surface area contributed by atoms with E-state index in [1.54, 1.807) is 18.2 Å². The lowest BCUT2D eigenvalue weighted by atomic mass is 9.92. The minimum absolute atomic E-state index is 0.0669. The van der Waals surface area contributed by atoms with Gasteiger partial charge < -0.3 is 20.2 Å². The number of nitrogens with zero attached hydrogens (tertiary/aromatic N) is 5. The van der Waals surface area contributed by atoms with E-state index in [-0.39, 0.29) is 11.3 Å². The number of nitriles is 1. The molecule has 2 aromatic carbocycles. The first-order chi connectivity index (χ1) is 21.9. The number of rotatable bonds is 2. The Balaban J connectivity index is 1.26. The third-order valence-electron chi connectivity index (χ3n) is 10.5. The number of hydrogen-bond donors (Lipinski definition) is 2. The van der Waals surface area contributed by atoms with Gasteiger partial charge in [-0.3, -0.25) is 4.90 Å². The van der Waals surface area contributed by atoms with Crippen LogP contribution in [0.3, 0.4) is 0 Å². The number of pyridine rings is 1. The second-order valence-electron chi connectivity index (χ2n) is 13.2. The van der Waals surface area contributed by atoms with E-state index in [2.05, 4.69) is 43.8 Å². The summed E-state index contributed by atoms with van der Waals surface area (Å²) in [7, 11) is 0. The topological polar surface area (TPSA) is 78.7 Å². The Morgan fingerprint density at radius 2 is 1.91 bits per heavy atom. The van der Waals surface area contributed by atoms with E-state index in [1.807, 2.05) is 0 Å². The molecule has 1 aromatic heterocycles. The van der Waals surface area contributed by atoms with Gasteiger partial charge in [0, 0.05) is 67.4 Å². The van der Waals surface area contributed by atoms with Gasteiger partial charge in [-0.15, -0.1) is 6.42 Å². The number of phenolic OH excluding ortho intramolecular Hbond substituents is 1. The Morgan fingerprint density at radius 3 is 2.69 bits per heavy atom. The molecule has 2 N–H and O–H groups in total. The van der Waals surface area contributed by atoms with Crippen LogP contribution in [-0.2, 0) is 13.0 Å². The lowest BCUT2D eigenvalue weighted by Crippen LogP contribution is -2.52. The average Bonchev–Trinajstić information content (AvgIpc) is 3.68. The zero-order valence-corrected chi connectivity index (χ0v) is 25.0. The normalized spacial score (nSPS) is 27.1. The van der Waals surface area contributed by atoms with Gasteiger partial charge in [0.25, 0.3) is 0 Å². The molecule has 7 nitrogen and oxygen atoms in total. The first kappa shape index (κ1) is 28.1. The summed E-state index contributed by atoms with van der Waals surface area (Å²) in [4.78, 5) is 11.6. The number of hydrogen-bond acceptors (Lipinski definition) is 7. The van der Waals surface area contributed by atoms with Crippen molar-refractivity contribution >= 4 is 22.1 Å². The number of terminal acetylenes is 1. The van der Waals surface area contributed by atoms with Gasteiger partial charge in [0.2, 0.25) is 0 Å². The lowest BCUT2D eigenvalue weighted by molar-refractivity contribution is 0.255. The van der Waals surface area contributed by atoms with E-state index in [4.69, 9.17) is 11.4 Å². The second kappa shape index (κ2) is 10.6. The van der Waals surface area contributed by atoms with Gasteiger partial charge in [-0.2, -0.15) is 5.26 Å². The van der Waals surface area contributed by atoms with E-state index in [1.165, 1.54) is 6.07 Å². The highest BCUT2D eigenvalue weighted by atomic mass is 19.1. The number of piperazine rings is 1. The quantitative estimate of drug-likeness (QED) is 0.421. The average molecular weight is 605 g/mol. The van der Waals surface area contributed by atoms with Crippen molar-refractivity contribution in [1.29, 1.82) is 5.26 Å². The maximum absolute atomic E-state index is 14.9. The molecule has 9 heteroatoms. The summed E-state index contributed by atoms with van der Waals surface area (Å²) in [6.45, 7) is 3.80. The van der Waals surface area contributed by atoms with Crippen molar-refractivity contribution in [2.45, 2.75) is 68.9 Å². The van der Waals surface area contributed by atoms with E-state index in [0.717, 1.165) is 62.3 Å². The molecule has 4 atom stereocenters. The van der Waals surface area contributed by atoms with Gasteiger partial charge in [0.15, 0.2) is 0 Å². The molecule has 4 saturated heterocycles. The van der Waals surface area contributed by atoms with Crippen molar-refractivity contribution in [2.75, 3.05) is 42.5 Å². The molecular weight excluding hydrogens is 570 g/mol. The fraction of sp³-hybridized carbons (Fsp3) is 0.444. The van der Waals surface area contributed by atoms with Crippen molar-refractivity contribution in [1.82, 2.24) is 15.2 Å². The van der Waals surface area contributed by atoms with E-state index < -0.39 is 17.5 Å². The number of phenols is 1. The SMILES string of the molecule is C#Cc1c(F)ccc2cc(O)cc(N3CCc4c(nc(C#CC56CCCN5C[C@H](F)C6)c(C#N)c4N4CC5CCC(C4)N5)C3)c12. The number of alkyl halides is 1. The van der Waals surface area contributed by atoms with Gasteiger partial charge in [0.1, 0.15) is 35.1 Å². The van der Waals surface area contributed by atoms with Crippen LogP contribution in [0.15, 0.2) is 24.3 Å². The number of aromatic nitrogens is 1. The van der Waals surface area contributed by atoms with Crippen LogP contribution in [0, 0.1) is 41.3 Å². The van der Waals surface area contributed by atoms with Crippen molar-refractivity contribution < 1.29 is 13.9 Å². The van der Waals surface area contributed by atoms with Crippen LogP contribution in [0.25, 0.3) is 10.8 Å². The van der Waals surface area contributed by atoms with Gasteiger partial charge in [-0.25, -0.2) is 13.8 Å². The Morgan fingerprint density at radius 1 is 1.09 bits per heavy atom. The number of aromatic hydroxyl groups is 1. The monoisotopic (exact) mass is 604 g/mol. The Labute approximate surface area is 261 Å². The Kier molecular flexibility index (Phi) is 6.64.